The zero-order valence-corrected chi connectivity index (χ0v) is 10.9. The molecule has 1 heterocycles. The molecule has 1 aliphatic heterocycles. The first-order valence-corrected chi connectivity index (χ1v) is 6.63. The maximum absolute atomic E-state index is 13.9. The molecule has 106 valence electrons. The Bertz CT molecular complexity index is 410. The van der Waals surface area contributed by atoms with Crippen LogP contribution >= 0.6 is 0 Å². The molecule has 0 aliphatic carbocycles. The van der Waals surface area contributed by atoms with Gasteiger partial charge in [-0.3, -0.25) is 0 Å². The van der Waals surface area contributed by atoms with Gasteiger partial charge in [0.2, 0.25) is 0 Å². The SMILES string of the molecule is CCCNC(c1c(F)cc(F)cc1F)C1CCCO1. The molecule has 2 nitrogen and oxygen atoms in total. The average molecular weight is 273 g/mol. The van der Waals surface area contributed by atoms with Crippen molar-refractivity contribution < 1.29 is 17.9 Å². The van der Waals surface area contributed by atoms with Gasteiger partial charge in [-0.2, -0.15) is 0 Å². The molecule has 0 amide bonds. The van der Waals surface area contributed by atoms with E-state index in [1.807, 2.05) is 6.92 Å². The summed E-state index contributed by atoms with van der Waals surface area (Å²) in [5, 5.41) is 3.10. The standard InChI is InChI=1S/C14H18F3NO/c1-2-5-18-14(12-4-3-6-19-12)13-10(16)7-9(15)8-11(13)17/h7-8,12,14,18H,2-6H2,1H3. The van der Waals surface area contributed by atoms with Gasteiger partial charge in [-0.15, -0.1) is 0 Å². The quantitative estimate of drug-likeness (QED) is 0.888. The highest BCUT2D eigenvalue weighted by molar-refractivity contribution is 5.25. The second-order valence-electron chi connectivity index (χ2n) is 4.77. The van der Waals surface area contributed by atoms with Crippen LogP contribution in [0.2, 0.25) is 0 Å². The van der Waals surface area contributed by atoms with Gasteiger partial charge in [0.1, 0.15) is 17.5 Å². The highest BCUT2D eigenvalue weighted by Crippen LogP contribution is 2.30. The number of hydrogen-bond acceptors (Lipinski definition) is 2. The van der Waals surface area contributed by atoms with Crippen LogP contribution in [0.4, 0.5) is 13.2 Å². The molecule has 0 saturated carbocycles. The van der Waals surface area contributed by atoms with Crippen molar-refractivity contribution in [3.63, 3.8) is 0 Å². The average Bonchev–Trinajstić information content (AvgIpc) is 2.85. The van der Waals surface area contributed by atoms with Crippen molar-refractivity contribution in [1.29, 1.82) is 0 Å². The zero-order valence-electron chi connectivity index (χ0n) is 10.9. The van der Waals surface area contributed by atoms with E-state index in [2.05, 4.69) is 5.32 Å². The summed E-state index contributed by atoms with van der Waals surface area (Å²) in [6, 6.07) is 0.866. The maximum atomic E-state index is 13.9. The fourth-order valence-corrected chi connectivity index (χ4v) is 2.44. The lowest BCUT2D eigenvalue weighted by Gasteiger charge is -2.25. The molecule has 0 radical (unpaired) electrons. The molecule has 0 spiro atoms. The third-order valence-electron chi connectivity index (χ3n) is 3.31. The lowest BCUT2D eigenvalue weighted by atomic mass is 9.98. The summed E-state index contributed by atoms with van der Waals surface area (Å²) < 4.78 is 46.2. The predicted molar refractivity (Wildman–Crippen MR) is 66.3 cm³/mol. The topological polar surface area (TPSA) is 21.3 Å². The van der Waals surface area contributed by atoms with Crippen LogP contribution in [0.1, 0.15) is 37.8 Å². The molecule has 0 bridgehead atoms. The first kappa shape index (κ1) is 14.3. The van der Waals surface area contributed by atoms with Crippen LogP contribution in [0.3, 0.4) is 0 Å². The molecule has 2 unspecified atom stereocenters. The van der Waals surface area contributed by atoms with Crippen molar-refractivity contribution >= 4 is 0 Å². The first-order valence-electron chi connectivity index (χ1n) is 6.63. The van der Waals surface area contributed by atoms with Gasteiger partial charge in [-0.25, -0.2) is 13.2 Å². The van der Waals surface area contributed by atoms with Crippen molar-refractivity contribution in [2.45, 2.75) is 38.3 Å². The van der Waals surface area contributed by atoms with E-state index >= 15 is 0 Å². The normalized spacial score (nSPS) is 20.7. The van der Waals surface area contributed by atoms with Crippen LogP contribution in [0.25, 0.3) is 0 Å². The van der Waals surface area contributed by atoms with Gasteiger partial charge in [0.15, 0.2) is 0 Å². The Morgan fingerprint density at radius 3 is 2.53 bits per heavy atom. The van der Waals surface area contributed by atoms with Crippen LogP contribution in [0.15, 0.2) is 12.1 Å². The molecule has 5 heteroatoms. The van der Waals surface area contributed by atoms with Crippen LogP contribution in [0.5, 0.6) is 0 Å². The van der Waals surface area contributed by atoms with Gasteiger partial charge in [-0.05, 0) is 25.8 Å². The molecule has 0 aromatic heterocycles. The summed E-state index contributed by atoms with van der Waals surface area (Å²) in [4.78, 5) is 0. The molecule has 1 fully saturated rings. The largest absolute Gasteiger partial charge is 0.376 e. The summed E-state index contributed by atoms with van der Waals surface area (Å²) in [6.45, 7) is 3.19. The maximum Gasteiger partial charge on any atom is 0.133 e. The summed E-state index contributed by atoms with van der Waals surface area (Å²) in [5.41, 5.74) is -0.123. The van der Waals surface area contributed by atoms with Gasteiger partial charge in [0, 0.05) is 24.3 Å². The van der Waals surface area contributed by atoms with E-state index in [4.69, 9.17) is 4.74 Å². The lowest BCUT2D eigenvalue weighted by Crippen LogP contribution is -2.33. The number of hydrogen-bond donors (Lipinski definition) is 1. The Kier molecular flexibility index (Phi) is 4.82. The minimum atomic E-state index is -0.902. The molecule has 1 aromatic carbocycles. The van der Waals surface area contributed by atoms with E-state index in [0.29, 0.717) is 25.3 Å². The number of ether oxygens (including phenoxy) is 1. The molecule has 1 aliphatic rings. The summed E-state index contributed by atoms with van der Waals surface area (Å²) in [5.74, 6) is -2.62. The summed E-state index contributed by atoms with van der Waals surface area (Å²) in [7, 11) is 0. The predicted octanol–water partition coefficient (Wildman–Crippen LogP) is 3.32. The molecule has 1 N–H and O–H groups in total. The summed E-state index contributed by atoms with van der Waals surface area (Å²) >= 11 is 0. The van der Waals surface area contributed by atoms with E-state index < -0.39 is 23.5 Å². The van der Waals surface area contributed by atoms with Gasteiger partial charge in [0.05, 0.1) is 12.1 Å². The van der Waals surface area contributed by atoms with Crippen molar-refractivity contribution in [2.24, 2.45) is 0 Å². The second kappa shape index (κ2) is 6.39. The lowest BCUT2D eigenvalue weighted by molar-refractivity contribution is 0.0758. The second-order valence-corrected chi connectivity index (χ2v) is 4.77. The Morgan fingerprint density at radius 1 is 1.32 bits per heavy atom. The molecule has 1 aromatic rings. The number of benzene rings is 1. The van der Waals surface area contributed by atoms with Crippen molar-refractivity contribution in [3.8, 4) is 0 Å². The Hall–Kier alpha value is -1.07. The number of rotatable bonds is 5. The first-order chi connectivity index (χ1) is 9.13. The Morgan fingerprint density at radius 2 is 2.00 bits per heavy atom. The van der Waals surface area contributed by atoms with E-state index in [1.54, 1.807) is 0 Å². The third kappa shape index (κ3) is 3.28. The third-order valence-corrected chi connectivity index (χ3v) is 3.31. The molecule has 19 heavy (non-hydrogen) atoms. The highest BCUT2D eigenvalue weighted by atomic mass is 19.1. The van der Waals surface area contributed by atoms with Gasteiger partial charge in [0.25, 0.3) is 0 Å². The number of nitrogens with one attached hydrogen (secondary N) is 1. The fourth-order valence-electron chi connectivity index (χ4n) is 2.44. The van der Waals surface area contributed by atoms with Crippen molar-refractivity contribution in [1.82, 2.24) is 5.32 Å². The van der Waals surface area contributed by atoms with E-state index in [0.717, 1.165) is 19.3 Å². The fraction of sp³-hybridized carbons (Fsp3) is 0.571. The van der Waals surface area contributed by atoms with Crippen LogP contribution < -0.4 is 5.32 Å². The monoisotopic (exact) mass is 273 g/mol. The zero-order chi connectivity index (χ0) is 13.8. The van der Waals surface area contributed by atoms with E-state index in [1.165, 1.54) is 0 Å². The minimum Gasteiger partial charge on any atom is -0.376 e. The molecular weight excluding hydrogens is 255 g/mol. The van der Waals surface area contributed by atoms with Gasteiger partial charge >= 0.3 is 0 Å². The summed E-state index contributed by atoms with van der Waals surface area (Å²) in [6.07, 6.45) is 2.20. The molecule has 2 atom stereocenters. The molecular formula is C14H18F3NO. The van der Waals surface area contributed by atoms with Gasteiger partial charge in [-0.1, -0.05) is 6.92 Å². The minimum absolute atomic E-state index is 0.123. The van der Waals surface area contributed by atoms with Crippen molar-refractivity contribution in [2.75, 3.05) is 13.2 Å². The van der Waals surface area contributed by atoms with E-state index in [-0.39, 0.29) is 11.7 Å². The van der Waals surface area contributed by atoms with Crippen LogP contribution in [-0.2, 0) is 4.74 Å². The van der Waals surface area contributed by atoms with Crippen molar-refractivity contribution in [3.05, 3.63) is 35.1 Å². The highest BCUT2D eigenvalue weighted by Gasteiger charge is 2.31. The Labute approximate surface area is 111 Å². The van der Waals surface area contributed by atoms with E-state index in [9.17, 15) is 13.2 Å². The Balaban J connectivity index is 2.31. The van der Waals surface area contributed by atoms with Crippen LogP contribution in [0, 0.1) is 17.5 Å². The number of halogens is 3. The van der Waals surface area contributed by atoms with Gasteiger partial charge < -0.3 is 10.1 Å². The smallest absolute Gasteiger partial charge is 0.133 e. The molecule has 2 rings (SSSR count). The van der Waals surface area contributed by atoms with Crippen LogP contribution in [-0.4, -0.2) is 19.3 Å². The molecule has 1 saturated heterocycles.